The Morgan fingerprint density at radius 1 is 0.897 bits per heavy atom. The number of nitrogens with one attached hydrogen (secondary N) is 1. The van der Waals surface area contributed by atoms with Crippen LogP contribution in [-0.2, 0) is 0 Å². The second kappa shape index (κ2) is 9.04. The van der Waals surface area contributed by atoms with Gasteiger partial charge in [0.15, 0.2) is 0 Å². The molecule has 0 aliphatic carbocycles. The van der Waals surface area contributed by atoms with Gasteiger partial charge in [0.25, 0.3) is 0 Å². The molecule has 1 aliphatic rings. The molecule has 1 fully saturated rings. The zero-order chi connectivity index (χ0) is 20.2. The van der Waals surface area contributed by atoms with Crippen molar-refractivity contribution in [2.75, 3.05) is 44.2 Å². The second-order valence-corrected chi connectivity index (χ2v) is 7.93. The van der Waals surface area contributed by atoms with Gasteiger partial charge in [-0.05, 0) is 35.7 Å². The third-order valence-electron chi connectivity index (χ3n) is 5.38. The number of nitrogens with zero attached hydrogens (tertiary/aromatic N) is 2. The quantitative estimate of drug-likeness (QED) is 0.539. The summed E-state index contributed by atoms with van der Waals surface area (Å²) >= 11 is 12.2. The lowest BCUT2D eigenvalue weighted by Crippen LogP contribution is -2.47. The van der Waals surface area contributed by atoms with E-state index in [0.29, 0.717) is 16.7 Å². The molecule has 0 amide bonds. The molecule has 0 bridgehead atoms. The Morgan fingerprint density at radius 3 is 2.38 bits per heavy atom. The summed E-state index contributed by atoms with van der Waals surface area (Å²) in [6, 6.07) is 17.8. The summed E-state index contributed by atoms with van der Waals surface area (Å²) in [6.07, 6.45) is 1.39. The van der Waals surface area contributed by atoms with Gasteiger partial charge in [0, 0.05) is 55.6 Å². The van der Waals surface area contributed by atoms with Crippen molar-refractivity contribution in [2.45, 2.75) is 0 Å². The van der Waals surface area contributed by atoms with Gasteiger partial charge in [0.2, 0.25) is 0 Å². The van der Waals surface area contributed by atoms with Gasteiger partial charge in [-0.25, -0.2) is 0 Å². The Hall–Kier alpha value is -2.27. The van der Waals surface area contributed by atoms with Crippen LogP contribution in [0.25, 0.3) is 10.8 Å². The van der Waals surface area contributed by atoms with Crippen molar-refractivity contribution >= 4 is 45.9 Å². The number of ether oxygens (including phenoxy) is 1. The molecule has 0 spiro atoms. The minimum atomic E-state index is 0.590. The average molecular weight is 428 g/mol. The molecule has 1 saturated heterocycles. The molecule has 1 aliphatic heterocycles. The molecule has 0 saturated carbocycles. The molecule has 4 rings (SSSR count). The Balaban J connectivity index is 1.32. The van der Waals surface area contributed by atoms with Gasteiger partial charge in [0.1, 0.15) is 12.4 Å². The van der Waals surface area contributed by atoms with Gasteiger partial charge in [-0.3, -0.25) is 4.90 Å². The summed E-state index contributed by atoms with van der Waals surface area (Å²) in [5, 5.41) is 10.9. The molecule has 4 nitrogen and oxygen atoms in total. The van der Waals surface area contributed by atoms with Crippen molar-refractivity contribution in [1.82, 2.24) is 4.90 Å². The van der Waals surface area contributed by atoms with Gasteiger partial charge in [0.05, 0.1) is 10.0 Å². The molecule has 3 aromatic carbocycles. The predicted octanol–water partition coefficient (Wildman–Crippen LogP) is 5.35. The van der Waals surface area contributed by atoms with Crippen molar-refractivity contribution in [1.29, 1.82) is 5.41 Å². The van der Waals surface area contributed by atoms with Crippen LogP contribution in [0, 0.1) is 5.41 Å². The summed E-state index contributed by atoms with van der Waals surface area (Å²) < 4.78 is 6.10. The number of anilines is 1. The average Bonchev–Trinajstić information content (AvgIpc) is 2.76. The molecular formula is C23H23Cl2N3O. The van der Waals surface area contributed by atoms with E-state index in [2.05, 4.69) is 9.80 Å². The molecule has 29 heavy (non-hydrogen) atoms. The van der Waals surface area contributed by atoms with Crippen LogP contribution >= 0.6 is 23.2 Å². The van der Waals surface area contributed by atoms with E-state index < -0.39 is 0 Å². The van der Waals surface area contributed by atoms with Crippen molar-refractivity contribution in [3.05, 3.63) is 70.2 Å². The lowest BCUT2D eigenvalue weighted by Gasteiger charge is -2.36. The maximum Gasteiger partial charge on any atom is 0.127 e. The minimum Gasteiger partial charge on any atom is -0.492 e. The number of benzene rings is 3. The molecule has 0 unspecified atom stereocenters. The maximum absolute atomic E-state index is 7.58. The first-order chi connectivity index (χ1) is 14.2. The molecule has 3 aromatic rings. The number of rotatable bonds is 6. The fourth-order valence-electron chi connectivity index (χ4n) is 3.74. The molecule has 1 heterocycles. The zero-order valence-electron chi connectivity index (χ0n) is 16.1. The summed E-state index contributed by atoms with van der Waals surface area (Å²) in [5.41, 5.74) is 2.03. The fraction of sp³-hybridized carbons (Fsp3) is 0.261. The van der Waals surface area contributed by atoms with Crippen LogP contribution in [0.4, 0.5) is 5.69 Å². The smallest absolute Gasteiger partial charge is 0.127 e. The number of halogens is 2. The predicted molar refractivity (Wildman–Crippen MR) is 122 cm³/mol. The van der Waals surface area contributed by atoms with Crippen molar-refractivity contribution < 1.29 is 4.74 Å². The van der Waals surface area contributed by atoms with E-state index in [1.54, 1.807) is 0 Å². The Kier molecular flexibility index (Phi) is 6.24. The first kappa shape index (κ1) is 20.0. The van der Waals surface area contributed by atoms with Crippen LogP contribution in [-0.4, -0.2) is 50.4 Å². The van der Waals surface area contributed by atoms with Gasteiger partial charge in [-0.1, -0.05) is 47.5 Å². The lowest BCUT2D eigenvalue weighted by atomic mass is 10.0. The molecule has 1 N–H and O–H groups in total. The van der Waals surface area contributed by atoms with Crippen molar-refractivity contribution in [2.24, 2.45) is 0 Å². The van der Waals surface area contributed by atoms with E-state index in [-0.39, 0.29) is 0 Å². The van der Waals surface area contributed by atoms with Crippen molar-refractivity contribution in [3.63, 3.8) is 0 Å². The molecule has 150 valence electrons. The fourth-order valence-corrected chi connectivity index (χ4v) is 4.03. The Bertz CT molecular complexity index is 1020. The standard InChI is InChI=1S/C23H23Cl2N3O/c24-21-7-6-18(15-22(21)25)28-11-9-27(10-12-28)13-14-29-23-8-5-17(16-26)19-3-1-2-4-20(19)23/h1-8,15-16,26H,9-14H2. The minimum absolute atomic E-state index is 0.590. The number of piperazine rings is 1. The summed E-state index contributed by atoms with van der Waals surface area (Å²) in [7, 11) is 0. The number of hydrogen-bond donors (Lipinski definition) is 1. The van der Waals surface area contributed by atoms with Crippen LogP contribution in [0.3, 0.4) is 0 Å². The first-order valence-corrected chi connectivity index (χ1v) is 10.5. The monoisotopic (exact) mass is 427 g/mol. The topological polar surface area (TPSA) is 39.6 Å². The van der Waals surface area contributed by atoms with Crippen LogP contribution < -0.4 is 9.64 Å². The molecule has 0 atom stereocenters. The van der Waals surface area contributed by atoms with E-state index in [1.807, 2.05) is 54.6 Å². The van der Waals surface area contributed by atoms with E-state index in [4.69, 9.17) is 33.3 Å². The Labute approximate surface area is 181 Å². The largest absolute Gasteiger partial charge is 0.492 e. The van der Waals surface area contributed by atoms with E-state index in [9.17, 15) is 0 Å². The molecular weight excluding hydrogens is 405 g/mol. The van der Waals surface area contributed by atoms with Gasteiger partial charge in [-0.15, -0.1) is 0 Å². The third kappa shape index (κ3) is 4.50. The van der Waals surface area contributed by atoms with Crippen LogP contribution in [0.1, 0.15) is 5.56 Å². The highest BCUT2D eigenvalue weighted by Gasteiger charge is 2.18. The number of fused-ring (bicyclic) bond motifs is 1. The van der Waals surface area contributed by atoms with E-state index in [0.717, 1.165) is 60.5 Å². The summed E-state index contributed by atoms with van der Waals surface area (Å²) in [6.45, 7) is 5.40. The highest BCUT2D eigenvalue weighted by molar-refractivity contribution is 6.42. The second-order valence-electron chi connectivity index (χ2n) is 7.12. The number of hydrogen-bond acceptors (Lipinski definition) is 4. The summed E-state index contributed by atoms with van der Waals surface area (Å²) in [4.78, 5) is 4.76. The maximum atomic E-state index is 7.58. The summed E-state index contributed by atoms with van der Waals surface area (Å²) in [5.74, 6) is 0.876. The molecule has 6 heteroatoms. The van der Waals surface area contributed by atoms with Gasteiger partial charge in [-0.2, -0.15) is 0 Å². The van der Waals surface area contributed by atoms with E-state index in [1.165, 1.54) is 6.21 Å². The lowest BCUT2D eigenvalue weighted by molar-refractivity contribution is 0.201. The van der Waals surface area contributed by atoms with Crippen LogP contribution in [0.5, 0.6) is 5.75 Å². The molecule has 0 radical (unpaired) electrons. The van der Waals surface area contributed by atoms with Gasteiger partial charge < -0.3 is 15.0 Å². The van der Waals surface area contributed by atoms with Crippen molar-refractivity contribution in [3.8, 4) is 5.75 Å². The SMILES string of the molecule is N=Cc1ccc(OCCN2CCN(c3ccc(Cl)c(Cl)c3)CC2)c2ccccc12. The molecule has 0 aromatic heterocycles. The normalized spacial score (nSPS) is 14.9. The van der Waals surface area contributed by atoms with Gasteiger partial charge >= 0.3 is 0 Å². The highest BCUT2D eigenvalue weighted by atomic mass is 35.5. The Morgan fingerprint density at radius 2 is 1.66 bits per heavy atom. The highest BCUT2D eigenvalue weighted by Crippen LogP contribution is 2.29. The van der Waals surface area contributed by atoms with E-state index >= 15 is 0 Å². The van der Waals surface area contributed by atoms with Crippen LogP contribution in [0.15, 0.2) is 54.6 Å². The zero-order valence-corrected chi connectivity index (χ0v) is 17.6. The van der Waals surface area contributed by atoms with Crippen LogP contribution in [0.2, 0.25) is 10.0 Å². The first-order valence-electron chi connectivity index (χ1n) is 9.73. The third-order valence-corrected chi connectivity index (χ3v) is 6.12.